The zero-order valence-electron chi connectivity index (χ0n) is 11.8. The molecule has 0 bridgehead atoms. The topological polar surface area (TPSA) is 72.2 Å². The monoisotopic (exact) mass is 300 g/mol. The van der Waals surface area contributed by atoms with E-state index in [9.17, 15) is 12.8 Å². The van der Waals surface area contributed by atoms with Gasteiger partial charge >= 0.3 is 0 Å². The van der Waals surface area contributed by atoms with Crippen LogP contribution in [0, 0.1) is 11.2 Å². The van der Waals surface area contributed by atoms with Crippen molar-refractivity contribution in [2.45, 2.75) is 50.5 Å². The van der Waals surface area contributed by atoms with E-state index in [1.165, 1.54) is 12.1 Å². The zero-order valence-corrected chi connectivity index (χ0v) is 12.6. The van der Waals surface area contributed by atoms with Gasteiger partial charge in [0.1, 0.15) is 5.82 Å². The molecule has 3 N–H and O–H groups in total. The fraction of sp³-hybridized carbons (Fsp3) is 0.571. The van der Waals surface area contributed by atoms with Gasteiger partial charge in [0.15, 0.2) is 0 Å². The van der Waals surface area contributed by atoms with Gasteiger partial charge in [0.05, 0.1) is 10.6 Å². The Morgan fingerprint density at radius 1 is 1.40 bits per heavy atom. The van der Waals surface area contributed by atoms with E-state index < -0.39 is 15.8 Å². The maximum absolute atomic E-state index is 13.4. The lowest BCUT2D eigenvalue weighted by Crippen LogP contribution is -2.40. The quantitative estimate of drug-likeness (QED) is 0.843. The van der Waals surface area contributed by atoms with Gasteiger partial charge in [0, 0.05) is 6.04 Å². The Morgan fingerprint density at radius 3 is 2.70 bits per heavy atom. The molecule has 1 fully saturated rings. The first-order valence-corrected chi connectivity index (χ1v) is 8.25. The maximum atomic E-state index is 13.4. The largest absolute Gasteiger partial charge is 0.396 e. The lowest BCUT2D eigenvalue weighted by Gasteiger charge is -2.35. The Balaban J connectivity index is 2.16. The van der Waals surface area contributed by atoms with Crippen LogP contribution in [0.5, 0.6) is 0 Å². The van der Waals surface area contributed by atoms with E-state index in [0.717, 1.165) is 31.7 Å². The highest BCUT2D eigenvalue weighted by molar-refractivity contribution is 7.89. The van der Waals surface area contributed by atoms with Gasteiger partial charge < -0.3 is 5.73 Å². The molecule has 0 heterocycles. The molecular formula is C14H21FN2O2S. The van der Waals surface area contributed by atoms with Crippen LogP contribution in [-0.2, 0) is 10.0 Å². The number of rotatable bonds is 3. The smallest absolute Gasteiger partial charge is 0.240 e. The molecule has 112 valence electrons. The molecule has 1 aromatic carbocycles. The van der Waals surface area contributed by atoms with E-state index >= 15 is 0 Å². The predicted molar refractivity (Wildman–Crippen MR) is 77.2 cm³/mol. The van der Waals surface area contributed by atoms with E-state index in [-0.39, 0.29) is 22.0 Å². The van der Waals surface area contributed by atoms with E-state index in [1.807, 2.05) is 0 Å². The summed E-state index contributed by atoms with van der Waals surface area (Å²) in [6.45, 7) is 4.27. The molecule has 0 aliphatic heterocycles. The Bertz CT molecular complexity index is 599. The number of sulfonamides is 1. The Morgan fingerprint density at radius 2 is 2.10 bits per heavy atom. The summed E-state index contributed by atoms with van der Waals surface area (Å²) in [4.78, 5) is -0.0763. The van der Waals surface area contributed by atoms with Crippen molar-refractivity contribution >= 4 is 15.7 Å². The lowest BCUT2D eigenvalue weighted by molar-refractivity contribution is 0.212. The molecule has 0 amide bonds. The van der Waals surface area contributed by atoms with E-state index in [2.05, 4.69) is 18.6 Å². The molecule has 0 radical (unpaired) electrons. The first-order chi connectivity index (χ1) is 9.20. The number of benzene rings is 1. The van der Waals surface area contributed by atoms with Gasteiger partial charge in [-0.1, -0.05) is 20.3 Å². The average molecular weight is 300 g/mol. The molecule has 20 heavy (non-hydrogen) atoms. The summed E-state index contributed by atoms with van der Waals surface area (Å²) in [5.74, 6) is -0.711. The predicted octanol–water partition coefficient (Wildman–Crippen LogP) is 2.66. The summed E-state index contributed by atoms with van der Waals surface area (Å²) < 4.78 is 40.6. The molecule has 0 aromatic heterocycles. The fourth-order valence-electron chi connectivity index (χ4n) is 2.76. The summed E-state index contributed by atoms with van der Waals surface area (Å²) in [5.41, 5.74) is 5.45. The highest BCUT2D eigenvalue weighted by atomic mass is 32.2. The number of nitrogens with two attached hydrogens (primary N) is 1. The van der Waals surface area contributed by atoms with Gasteiger partial charge in [0.25, 0.3) is 0 Å². The third kappa shape index (κ3) is 3.49. The number of nitrogens with one attached hydrogen (secondary N) is 1. The second-order valence-corrected chi connectivity index (χ2v) is 7.98. The van der Waals surface area contributed by atoms with Crippen LogP contribution in [0.15, 0.2) is 23.1 Å². The van der Waals surface area contributed by atoms with Crippen LogP contribution < -0.4 is 10.5 Å². The van der Waals surface area contributed by atoms with Crippen LogP contribution in [0.1, 0.15) is 39.5 Å². The Hall–Kier alpha value is -1.14. The van der Waals surface area contributed by atoms with Gasteiger partial charge in [-0.15, -0.1) is 0 Å². The minimum absolute atomic E-state index is 0.0530. The standard InChI is InChI=1S/C14H21FN2O2S/c1-14(2)7-3-4-10(9-14)17-20(18,19)11-5-6-13(16)12(15)8-11/h5-6,8,10,17H,3-4,7,9,16H2,1-2H3. The van der Waals surface area contributed by atoms with Crippen molar-refractivity contribution in [2.24, 2.45) is 5.41 Å². The highest BCUT2D eigenvalue weighted by Gasteiger charge is 2.30. The molecule has 2 rings (SSSR count). The molecule has 1 atom stereocenters. The molecule has 1 saturated carbocycles. The molecular weight excluding hydrogens is 279 g/mol. The Kier molecular flexibility index (Phi) is 4.07. The van der Waals surface area contributed by atoms with Crippen LogP contribution in [-0.4, -0.2) is 14.5 Å². The highest BCUT2D eigenvalue weighted by Crippen LogP contribution is 2.35. The van der Waals surface area contributed by atoms with Crippen molar-refractivity contribution in [3.63, 3.8) is 0 Å². The molecule has 1 unspecified atom stereocenters. The summed E-state index contributed by atoms with van der Waals surface area (Å²) in [5, 5.41) is 0. The van der Waals surface area contributed by atoms with Crippen molar-refractivity contribution in [1.82, 2.24) is 4.72 Å². The van der Waals surface area contributed by atoms with Crippen LogP contribution in [0.2, 0.25) is 0 Å². The van der Waals surface area contributed by atoms with Crippen LogP contribution >= 0.6 is 0 Å². The van der Waals surface area contributed by atoms with Crippen molar-refractivity contribution in [2.75, 3.05) is 5.73 Å². The SMILES string of the molecule is CC1(C)CCCC(NS(=O)(=O)c2ccc(N)c(F)c2)C1. The van der Waals surface area contributed by atoms with Crippen molar-refractivity contribution < 1.29 is 12.8 Å². The van der Waals surface area contributed by atoms with Crippen molar-refractivity contribution in [3.05, 3.63) is 24.0 Å². The van der Waals surface area contributed by atoms with Gasteiger partial charge in [-0.2, -0.15) is 0 Å². The summed E-state index contributed by atoms with van der Waals surface area (Å²) >= 11 is 0. The van der Waals surface area contributed by atoms with Gasteiger partial charge in [0.2, 0.25) is 10.0 Å². The number of anilines is 1. The molecule has 6 heteroatoms. The van der Waals surface area contributed by atoms with E-state index in [1.54, 1.807) is 0 Å². The third-order valence-corrected chi connectivity index (χ3v) is 5.33. The van der Waals surface area contributed by atoms with E-state index in [0.29, 0.717) is 0 Å². The second kappa shape index (κ2) is 5.33. The first kappa shape index (κ1) is 15.3. The summed E-state index contributed by atoms with van der Waals surface area (Å²) in [7, 11) is -3.69. The maximum Gasteiger partial charge on any atom is 0.240 e. The molecule has 4 nitrogen and oxygen atoms in total. The summed E-state index contributed by atoms with van der Waals surface area (Å²) in [6, 6.07) is 3.47. The lowest BCUT2D eigenvalue weighted by atomic mass is 9.75. The molecule has 1 aromatic rings. The Labute approximate surface area is 119 Å². The van der Waals surface area contributed by atoms with Crippen LogP contribution in [0.25, 0.3) is 0 Å². The van der Waals surface area contributed by atoms with Crippen molar-refractivity contribution in [3.8, 4) is 0 Å². The minimum Gasteiger partial charge on any atom is -0.396 e. The molecule has 0 spiro atoms. The van der Waals surface area contributed by atoms with Crippen LogP contribution in [0.4, 0.5) is 10.1 Å². The van der Waals surface area contributed by atoms with Gasteiger partial charge in [-0.05, 0) is 42.9 Å². The minimum atomic E-state index is -3.69. The number of halogens is 1. The fourth-order valence-corrected chi connectivity index (χ4v) is 4.04. The normalized spacial score (nSPS) is 22.6. The van der Waals surface area contributed by atoms with Crippen LogP contribution in [0.3, 0.4) is 0 Å². The number of nitrogen functional groups attached to an aromatic ring is 1. The third-order valence-electron chi connectivity index (χ3n) is 3.81. The molecule has 1 aliphatic carbocycles. The average Bonchev–Trinajstić information content (AvgIpc) is 2.30. The van der Waals surface area contributed by atoms with Gasteiger partial charge in [-0.25, -0.2) is 17.5 Å². The number of hydrogen-bond acceptors (Lipinski definition) is 3. The summed E-state index contributed by atoms with van der Waals surface area (Å²) in [6.07, 6.45) is 3.71. The zero-order chi connectivity index (χ0) is 15.0. The second-order valence-electron chi connectivity index (χ2n) is 6.26. The number of hydrogen-bond donors (Lipinski definition) is 2. The van der Waals surface area contributed by atoms with Crippen molar-refractivity contribution in [1.29, 1.82) is 0 Å². The first-order valence-electron chi connectivity index (χ1n) is 6.77. The molecule has 1 aliphatic rings. The molecule has 0 saturated heterocycles. The van der Waals surface area contributed by atoms with Gasteiger partial charge in [-0.3, -0.25) is 0 Å². The van der Waals surface area contributed by atoms with E-state index in [4.69, 9.17) is 5.73 Å².